The number of nitrogens with zero attached hydrogens (tertiary/aromatic N) is 3. The number of aliphatic imine (C=N–C) groups is 1. The zero-order valence-corrected chi connectivity index (χ0v) is 19.1. The number of carbonyl (C=O) groups excluding carboxylic acids is 1. The monoisotopic (exact) mass is 438 g/mol. The maximum absolute atomic E-state index is 12.2. The fraction of sp³-hybridized carbons (Fsp3) is 0.458. The Kier molecular flexibility index (Phi) is 9.46. The van der Waals surface area contributed by atoms with Crippen molar-refractivity contribution in [2.45, 2.75) is 33.4 Å². The standard InChI is InChI=1S/C24H34N6O2/c1-3-25-24(26-12-11-23(31)29-22-10-6-7-19(2)28-22)27-17-20-8-4-5-9-21(20)18-30-13-15-32-16-14-30/h4-10H,3,11-18H2,1-2H3,(H2,25,26,27)(H,28,29,31). The van der Waals surface area contributed by atoms with Crippen molar-refractivity contribution < 1.29 is 9.53 Å². The number of rotatable bonds is 9. The van der Waals surface area contributed by atoms with Gasteiger partial charge in [0.2, 0.25) is 5.91 Å². The summed E-state index contributed by atoms with van der Waals surface area (Å²) in [4.78, 5) is 23.7. The maximum atomic E-state index is 12.2. The lowest BCUT2D eigenvalue weighted by Crippen LogP contribution is -2.38. The summed E-state index contributed by atoms with van der Waals surface area (Å²) < 4.78 is 5.45. The van der Waals surface area contributed by atoms with Crippen molar-refractivity contribution in [2.75, 3.05) is 44.7 Å². The van der Waals surface area contributed by atoms with Gasteiger partial charge in [-0.15, -0.1) is 0 Å². The van der Waals surface area contributed by atoms with Crippen molar-refractivity contribution >= 4 is 17.7 Å². The number of morpholine rings is 1. The summed E-state index contributed by atoms with van der Waals surface area (Å²) in [7, 11) is 0. The predicted octanol–water partition coefficient (Wildman–Crippen LogP) is 2.31. The predicted molar refractivity (Wildman–Crippen MR) is 128 cm³/mol. The van der Waals surface area contributed by atoms with E-state index in [1.165, 1.54) is 11.1 Å². The summed E-state index contributed by atoms with van der Waals surface area (Å²) in [5.74, 6) is 1.20. The van der Waals surface area contributed by atoms with Crippen LogP contribution in [0.3, 0.4) is 0 Å². The number of aromatic nitrogens is 1. The van der Waals surface area contributed by atoms with Gasteiger partial charge in [0.05, 0.1) is 19.8 Å². The molecule has 0 saturated carbocycles. The van der Waals surface area contributed by atoms with Gasteiger partial charge in [-0.3, -0.25) is 9.69 Å². The van der Waals surface area contributed by atoms with Gasteiger partial charge in [-0.05, 0) is 37.1 Å². The number of guanidine groups is 1. The topological polar surface area (TPSA) is 90.9 Å². The highest BCUT2D eigenvalue weighted by Gasteiger charge is 2.12. The Bertz CT molecular complexity index is 896. The van der Waals surface area contributed by atoms with E-state index < -0.39 is 0 Å². The van der Waals surface area contributed by atoms with Gasteiger partial charge in [-0.2, -0.15) is 0 Å². The van der Waals surface area contributed by atoms with Crippen LogP contribution in [-0.2, 0) is 22.6 Å². The minimum atomic E-state index is -0.0812. The third-order valence-electron chi connectivity index (χ3n) is 5.17. The summed E-state index contributed by atoms with van der Waals surface area (Å²) in [5.41, 5.74) is 3.37. The van der Waals surface area contributed by atoms with E-state index in [0.717, 1.165) is 45.1 Å². The quantitative estimate of drug-likeness (QED) is 0.411. The molecule has 1 aromatic heterocycles. The number of hydrogen-bond donors (Lipinski definition) is 3. The van der Waals surface area contributed by atoms with Crippen LogP contribution in [0.4, 0.5) is 5.82 Å². The van der Waals surface area contributed by atoms with Gasteiger partial charge < -0.3 is 20.7 Å². The van der Waals surface area contributed by atoms with Crippen LogP contribution in [0.15, 0.2) is 47.5 Å². The van der Waals surface area contributed by atoms with Gasteiger partial charge in [-0.1, -0.05) is 30.3 Å². The molecule has 3 rings (SSSR count). The van der Waals surface area contributed by atoms with E-state index in [1.54, 1.807) is 6.07 Å². The smallest absolute Gasteiger partial charge is 0.227 e. The van der Waals surface area contributed by atoms with E-state index in [1.807, 2.05) is 26.0 Å². The third-order valence-corrected chi connectivity index (χ3v) is 5.17. The third kappa shape index (κ3) is 7.94. The zero-order chi connectivity index (χ0) is 22.6. The molecule has 8 nitrogen and oxygen atoms in total. The highest BCUT2D eigenvalue weighted by molar-refractivity contribution is 5.90. The minimum Gasteiger partial charge on any atom is -0.379 e. The van der Waals surface area contributed by atoms with Crippen molar-refractivity contribution in [1.82, 2.24) is 20.5 Å². The summed E-state index contributed by atoms with van der Waals surface area (Å²) in [6.45, 7) is 10.2. The van der Waals surface area contributed by atoms with Gasteiger partial charge in [-0.25, -0.2) is 9.98 Å². The molecular weight excluding hydrogens is 404 g/mol. The van der Waals surface area contributed by atoms with Gasteiger partial charge in [0, 0.05) is 44.8 Å². The molecule has 1 amide bonds. The van der Waals surface area contributed by atoms with E-state index in [9.17, 15) is 4.79 Å². The van der Waals surface area contributed by atoms with Gasteiger partial charge >= 0.3 is 0 Å². The lowest BCUT2D eigenvalue weighted by Gasteiger charge is -2.27. The number of amides is 1. The van der Waals surface area contributed by atoms with Crippen LogP contribution >= 0.6 is 0 Å². The van der Waals surface area contributed by atoms with Gasteiger partial charge in [0.1, 0.15) is 5.82 Å². The average molecular weight is 439 g/mol. The molecule has 0 aliphatic carbocycles. The van der Waals surface area contributed by atoms with Gasteiger partial charge in [0.25, 0.3) is 0 Å². The van der Waals surface area contributed by atoms with E-state index >= 15 is 0 Å². The second kappa shape index (κ2) is 12.8. The summed E-state index contributed by atoms with van der Waals surface area (Å²) >= 11 is 0. The maximum Gasteiger partial charge on any atom is 0.227 e. The molecule has 1 aliphatic rings. The first kappa shape index (κ1) is 23.7. The summed E-state index contributed by atoms with van der Waals surface area (Å²) in [5, 5.41) is 9.33. The molecule has 0 radical (unpaired) electrons. The lowest BCUT2D eigenvalue weighted by atomic mass is 10.1. The first-order chi connectivity index (χ1) is 15.6. The van der Waals surface area contributed by atoms with Crippen molar-refractivity contribution in [3.63, 3.8) is 0 Å². The molecule has 0 atom stereocenters. The number of ether oxygens (including phenoxy) is 1. The summed E-state index contributed by atoms with van der Waals surface area (Å²) in [6.07, 6.45) is 0.327. The number of nitrogens with one attached hydrogen (secondary N) is 3. The molecule has 2 aromatic rings. The fourth-order valence-electron chi connectivity index (χ4n) is 3.48. The van der Waals surface area contributed by atoms with Crippen molar-refractivity contribution in [2.24, 2.45) is 4.99 Å². The molecular formula is C24H34N6O2. The number of hydrogen-bond acceptors (Lipinski definition) is 5. The molecule has 32 heavy (non-hydrogen) atoms. The first-order valence-corrected chi connectivity index (χ1v) is 11.3. The fourth-order valence-corrected chi connectivity index (χ4v) is 3.48. The second-order valence-corrected chi connectivity index (χ2v) is 7.74. The molecule has 0 unspecified atom stereocenters. The van der Waals surface area contributed by atoms with Crippen LogP contribution in [0.2, 0.25) is 0 Å². The normalized spacial score (nSPS) is 14.8. The Balaban J connectivity index is 1.51. The summed E-state index contributed by atoms with van der Waals surface area (Å²) in [6, 6.07) is 14.0. The largest absolute Gasteiger partial charge is 0.379 e. The highest BCUT2D eigenvalue weighted by atomic mass is 16.5. The van der Waals surface area contributed by atoms with E-state index in [2.05, 4.69) is 50.1 Å². The number of carbonyl (C=O) groups is 1. The molecule has 1 aliphatic heterocycles. The molecule has 0 bridgehead atoms. The van der Waals surface area contributed by atoms with Crippen LogP contribution in [0, 0.1) is 6.92 Å². The molecule has 172 valence electrons. The SMILES string of the molecule is CCNC(=NCc1ccccc1CN1CCOCC1)NCCC(=O)Nc1cccc(C)n1. The Morgan fingerprint density at radius 2 is 1.88 bits per heavy atom. The van der Waals surface area contributed by atoms with Crippen LogP contribution in [0.25, 0.3) is 0 Å². The molecule has 0 spiro atoms. The molecule has 2 heterocycles. The Labute approximate surface area is 190 Å². The number of anilines is 1. The van der Waals surface area contributed by atoms with Crippen LogP contribution < -0.4 is 16.0 Å². The first-order valence-electron chi connectivity index (χ1n) is 11.3. The molecule has 1 saturated heterocycles. The second-order valence-electron chi connectivity index (χ2n) is 7.74. The average Bonchev–Trinajstić information content (AvgIpc) is 2.79. The Morgan fingerprint density at radius 1 is 1.09 bits per heavy atom. The molecule has 1 aromatic carbocycles. The highest BCUT2D eigenvalue weighted by Crippen LogP contribution is 2.14. The van der Waals surface area contributed by atoms with Crippen molar-refractivity contribution in [1.29, 1.82) is 0 Å². The lowest BCUT2D eigenvalue weighted by molar-refractivity contribution is -0.116. The number of benzene rings is 1. The van der Waals surface area contributed by atoms with Gasteiger partial charge in [0.15, 0.2) is 5.96 Å². The van der Waals surface area contributed by atoms with Crippen molar-refractivity contribution in [3.8, 4) is 0 Å². The minimum absolute atomic E-state index is 0.0812. The van der Waals surface area contributed by atoms with E-state index in [-0.39, 0.29) is 5.91 Å². The number of aryl methyl sites for hydroxylation is 1. The zero-order valence-electron chi connectivity index (χ0n) is 19.1. The molecule has 8 heteroatoms. The number of pyridine rings is 1. The van der Waals surface area contributed by atoms with Crippen LogP contribution in [0.5, 0.6) is 0 Å². The van der Waals surface area contributed by atoms with Crippen molar-refractivity contribution in [3.05, 3.63) is 59.3 Å². The van der Waals surface area contributed by atoms with E-state index in [4.69, 9.17) is 9.73 Å². The Morgan fingerprint density at radius 3 is 2.62 bits per heavy atom. The van der Waals surface area contributed by atoms with Crippen LogP contribution in [-0.4, -0.2) is 61.1 Å². The van der Waals surface area contributed by atoms with Crippen LogP contribution in [0.1, 0.15) is 30.2 Å². The Hall–Kier alpha value is -2.97. The molecule has 1 fully saturated rings. The molecule has 3 N–H and O–H groups in total. The van der Waals surface area contributed by atoms with E-state index in [0.29, 0.717) is 31.3 Å².